The van der Waals surface area contributed by atoms with E-state index in [2.05, 4.69) is 0 Å². The summed E-state index contributed by atoms with van der Waals surface area (Å²) in [6.07, 6.45) is -17.1. The largest absolute Gasteiger partial charge is 0.506 e. The van der Waals surface area contributed by atoms with Crippen molar-refractivity contribution < 1.29 is 74.4 Å². The lowest BCUT2D eigenvalue weighted by atomic mass is 9.89. The molecule has 240 valence electrons. The summed E-state index contributed by atoms with van der Waals surface area (Å²) in [4.78, 5) is 13.3. The fourth-order valence-corrected chi connectivity index (χ4v) is 5.37. The third-order valence-electron chi connectivity index (χ3n) is 7.77. The van der Waals surface area contributed by atoms with E-state index in [4.69, 9.17) is 23.4 Å². The lowest BCUT2D eigenvalue weighted by molar-refractivity contribution is -0.342. The van der Waals surface area contributed by atoms with Crippen molar-refractivity contribution in [1.29, 1.82) is 0 Å². The van der Waals surface area contributed by atoms with Crippen LogP contribution in [0.1, 0.15) is 11.7 Å². The first-order valence-corrected chi connectivity index (χ1v) is 13.4. The first-order chi connectivity index (χ1) is 20.9. The van der Waals surface area contributed by atoms with Gasteiger partial charge in [-0.25, -0.2) is 0 Å². The molecule has 2 aromatic carbocycles. The summed E-state index contributed by atoms with van der Waals surface area (Å²) in [6.45, 7) is -1.59. The summed E-state index contributed by atoms with van der Waals surface area (Å²) in [5, 5.41) is 102. The molecule has 10 atom stereocenters. The van der Waals surface area contributed by atoms with Gasteiger partial charge in [0.2, 0.25) is 0 Å². The highest BCUT2D eigenvalue weighted by Gasteiger charge is 2.52. The molecule has 10 unspecified atom stereocenters. The van der Waals surface area contributed by atoms with Crippen molar-refractivity contribution in [3.8, 4) is 34.3 Å². The summed E-state index contributed by atoms with van der Waals surface area (Å²) in [5.41, 5.74) is -1.02. The van der Waals surface area contributed by atoms with Gasteiger partial charge in [-0.15, -0.1) is 0 Å². The van der Waals surface area contributed by atoms with E-state index in [9.17, 15) is 55.9 Å². The van der Waals surface area contributed by atoms with Crippen LogP contribution < -0.4 is 10.2 Å². The van der Waals surface area contributed by atoms with Crippen LogP contribution in [0.15, 0.2) is 39.5 Å². The van der Waals surface area contributed by atoms with Gasteiger partial charge in [0.05, 0.1) is 25.9 Å². The van der Waals surface area contributed by atoms with Crippen LogP contribution in [0.2, 0.25) is 0 Å². The Morgan fingerprint density at radius 1 is 0.795 bits per heavy atom. The number of fused-ring (bicyclic) bond motifs is 1. The first-order valence-electron chi connectivity index (χ1n) is 13.4. The van der Waals surface area contributed by atoms with E-state index >= 15 is 0 Å². The molecule has 2 saturated heterocycles. The summed E-state index contributed by atoms with van der Waals surface area (Å²) in [5.74, 6) is -1.83. The molecule has 5 rings (SSSR count). The average Bonchev–Trinajstić information content (AvgIpc) is 3.00. The van der Waals surface area contributed by atoms with Gasteiger partial charge >= 0.3 is 0 Å². The lowest BCUT2D eigenvalue weighted by Gasteiger charge is -2.46. The molecule has 2 aliphatic rings. The summed E-state index contributed by atoms with van der Waals surface area (Å²) >= 11 is 0. The van der Waals surface area contributed by atoms with Gasteiger partial charge in [-0.05, 0) is 18.2 Å². The Morgan fingerprint density at radius 3 is 2.09 bits per heavy atom. The third-order valence-corrected chi connectivity index (χ3v) is 7.77. The van der Waals surface area contributed by atoms with Crippen LogP contribution in [0, 0.1) is 0 Å². The second-order valence-corrected chi connectivity index (χ2v) is 10.4. The number of methoxy groups -OCH3 is 1. The predicted octanol–water partition coefficient (Wildman–Crippen LogP) is -2.08. The van der Waals surface area contributed by atoms with Crippen molar-refractivity contribution in [2.75, 3.05) is 20.3 Å². The summed E-state index contributed by atoms with van der Waals surface area (Å²) in [7, 11) is 1.20. The molecule has 0 spiro atoms. The molecule has 2 fully saturated rings. The smallest absolute Gasteiger partial charge is 0.197 e. The number of aromatic hydroxyl groups is 3. The Hall–Kier alpha value is -3.55. The maximum Gasteiger partial charge on any atom is 0.197 e. The van der Waals surface area contributed by atoms with Gasteiger partial charge in [-0.1, -0.05) is 0 Å². The van der Waals surface area contributed by atoms with Gasteiger partial charge in [-0.3, -0.25) is 4.79 Å². The van der Waals surface area contributed by atoms with E-state index < -0.39 is 97.1 Å². The van der Waals surface area contributed by atoms with Gasteiger partial charge < -0.3 is 74.4 Å². The first kappa shape index (κ1) is 31.9. The lowest BCUT2D eigenvalue weighted by Crippen LogP contribution is -2.62. The molecule has 3 aromatic rings. The van der Waals surface area contributed by atoms with Crippen LogP contribution in [0.4, 0.5) is 0 Å². The van der Waals surface area contributed by atoms with Gasteiger partial charge in [0.15, 0.2) is 23.2 Å². The fourth-order valence-electron chi connectivity index (χ4n) is 5.37. The van der Waals surface area contributed by atoms with Crippen LogP contribution in [-0.2, 0) is 14.2 Å². The summed E-state index contributed by atoms with van der Waals surface area (Å²) < 4.78 is 28.2. The van der Waals surface area contributed by atoms with Crippen molar-refractivity contribution in [1.82, 2.24) is 0 Å². The average molecular weight is 625 g/mol. The Kier molecular flexibility index (Phi) is 9.01. The molecule has 0 bridgehead atoms. The Morgan fingerprint density at radius 2 is 1.45 bits per heavy atom. The van der Waals surface area contributed by atoms with Crippen molar-refractivity contribution in [3.63, 3.8) is 0 Å². The van der Waals surface area contributed by atoms with E-state index in [1.165, 1.54) is 25.3 Å². The number of rotatable bonds is 7. The molecule has 16 heteroatoms. The molecule has 1 aromatic heterocycles. The van der Waals surface area contributed by atoms with E-state index in [1.807, 2.05) is 0 Å². The van der Waals surface area contributed by atoms with Gasteiger partial charge in [0, 0.05) is 17.7 Å². The quantitative estimate of drug-likeness (QED) is 0.126. The highest BCUT2D eigenvalue weighted by molar-refractivity contribution is 5.88. The topological polar surface area (TPSA) is 269 Å². The minimum atomic E-state index is -1.91. The molecule has 10 N–H and O–H groups in total. The number of benzene rings is 2. The van der Waals surface area contributed by atoms with Crippen LogP contribution in [0.5, 0.6) is 23.0 Å². The number of phenols is 3. The van der Waals surface area contributed by atoms with Crippen molar-refractivity contribution in [2.24, 2.45) is 0 Å². The number of aliphatic hydroxyl groups is 7. The number of hydrogen-bond acceptors (Lipinski definition) is 16. The van der Waals surface area contributed by atoms with Crippen molar-refractivity contribution in [2.45, 2.75) is 61.2 Å². The molecule has 44 heavy (non-hydrogen) atoms. The maximum absolute atomic E-state index is 13.3. The Balaban J connectivity index is 1.62. The molecule has 0 saturated carbocycles. The maximum atomic E-state index is 13.3. The van der Waals surface area contributed by atoms with Crippen LogP contribution >= 0.6 is 0 Å². The number of aliphatic hydroxyl groups excluding tert-OH is 7. The van der Waals surface area contributed by atoms with Gasteiger partial charge in [0.25, 0.3) is 0 Å². The second-order valence-electron chi connectivity index (χ2n) is 10.4. The monoisotopic (exact) mass is 624 g/mol. The third kappa shape index (κ3) is 5.45. The van der Waals surface area contributed by atoms with Crippen LogP contribution in [-0.4, -0.2) is 127 Å². The molecule has 16 nitrogen and oxygen atoms in total. The van der Waals surface area contributed by atoms with Gasteiger partial charge in [0.1, 0.15) is 83.2 Å². The normalized spacial score (nSPS) is 32.5. The van der Waals surface area contributed by atoms with Crippen LogP contribution in [0.3, 0.4) is 0 Å². The molecule has 3 heterocycles. The molecular formula is C28H32O16. The van der Waals surface area contributed by atoms with Crippen molar-refractivity contribution >= 4 is 11.0 Å². The molecule has 0 radical (unpaired) electrons. The molecule has 0 aliphatic carbocycles. The molecule has 0 amide bonds. The van der Waals surface area contributed by atoms with E-state index in [1.54, 1.807) is 0 Å². The number of ether oxygens (including phenoxy) is 4. The second kappa shape index (κ2) is 12.4. The summed E-state index contributed by atoms with van der Waals surface area (Å²) in [6, 6.07) is 5.95. The highest BCUT2D eigenvalue weighted by atomic mass is 16.7. The SMILES string of the molecule is COc1cc2oc(-c3ccc(O)c(O)c3)cc(=O)c2c(O)c1C1OC(CO)C(O)C(O)C1OC1OC(CO)C(O)C(O)C1O. The zero-order chi connectivity index (χ0) is 32.0. The van der Waals surface area contributed by atoms with E-state index in [0.29, 0.717) is 0 Å². The minimum Gasteiger partial charge on any atom is -0.506 e. The highest BCUT2D eigenvalue weighted by Crippen LogP contribution is 2.46. The van der Waals surface area contributed by atoms with Gasteiger partial charge in [-0.2, -0.15) is 0 Å². The van der Waals surface area contributed by atoms with Crippen LogP contribution in [0.25, 0.3) is 22.3 Å². The Labute approximate surface area is 247 Å². The minimum absolute atomic E-state index is 0.0383. The zero-order valence-corrected chi connectivity index (χ0v) is 23.0. The zero-order valence-electron chi connectivity index (χ0n) is 23.0. The van der Waals surface area contributed by atoms with E-state index in [0.717, 1.165) is 12.1 Å². The molecule has 2 aliphatic heterocycles. The van der Waals surface area contributed by atoms with Crippen molar-refractivity contribution in [3.05, 3.63) is 46.1 Å². The number of phenolic OH excluding ortho intramolecular Hbond substituents is 3. The Bertz CT molecular complexity index is 1550. The van der Waals surface area contributed by atoms with E-state index in [-0.39, 0.29) is 33.6 Å². The predicted molar refractivity (Wildman–Crippen MR) is 145 cm³/mol. The fraction of sp³-hybridized carbons (Fsp3) is 0.464. The number of hydrogen-bond donors (Lipinski definition) is 10. The standard InChI is InChI=1S/C28H32O16/c1-40-14-6-15-18(12(33)5-13(41-15)9-2-3-10(31)11(32)4-9)22(36)19(14)26-27(24(38)21(35)16(7-29)42-26)44-28-25(39)23(37)20(34)17(8-30)43-28/h2-6,16-17,20-21,23-32,34-39H,7-8H2,1H3. The molecular weight excluding hydrogens is 592 g/mol.